The first kappa shape index (κ1) is 16.5. The molecule has 0 aromatic rings. The summed E-state index contributed by atoms with van der Waals surface area (Å²) in [6.45, 7) is 4.53. The van der Waals surface area contributed by atoms with Gasteiger partial charge in [-0.1, -0.05) is 0 Å². The summed E-state index contributed by atoms with van der Waals surface area (Å²) in [4.78, 5) is 0. The van der Waals surface area contributed by atoms with Crippen molar-refractivity contribution in [2.75, 3.05) is 7.11 Å². The van der Waals surface area contributed by atoms with Crippen LogP contribution in [0.15, 0.2) is 0 Å². The summed E-state index contributed by atoms with van der Waals surface area (Å²) < 4.78 is 5.76. The Morgan fingerprint density at radius 2 is 1.44 bits per heavy atom. The van der Waals surface area contributed by atoms with Gasteiger partial charge in [-0.15, -0.1) is 0 Å². The number of methoxy groups -OCH3 is 1. The molecule has 98 valence electrons. The Morgan fingerprint density at radius 3 is 1.88 bits per heavy atom. The van der Waals surface area contributed by atoms with Gasteiger partial charge >= 0.3 is 109 Å². The van der Waals surface area contributed by atoms with Crippen molar-refractivity contribution in [3.63, 3.8) is 0 Å². The molecule has 0 aliphatic carbocycles. The van der Waals surface area contributed by atoms with Crippen molar-refractivity contribution in [1.29, 1.82) is 0 Å². The van der Waals surface area contributed by atoms with Gasteiger partial charge in [0, 0.05) is 0 Å². The van der Waals surface area contributed by atoms with Gasteiger partial charge in [0.25, 0.3) is 0 Å². The molecule has 16 heavy (non-hydrogen) atoms. The molecule has 0 amide bonds. The predicted molar refractivity (Wildman–Crippen MR) is 74.3 cm³/mol. The molecule has 0 aromatic heterocycles. The molecule has 0 bridgehead atoms. The molecule has 0 aromatic carbocycles. The second-order valence-electron chi connectivity index (χ2n) is 4.77. The van der Waals surface area contributed by atoms with Gasteiger partial charge in [0.05, 0.1) is 0 Å². The molecule has 0 aliphatic rings. The zero-order valence-electron chi connectivity index (χ0n) is 11.7. The second kappa shape index (κ2) is 10.6. The summed E-state index contributed by atoms with van der Waals surface area (Å²) in [5.41, 5.74) is 0. The van der Waals surface area contributed by atoms with Crippen LogP contribution in [0.4, 0.5) is 0 Å². The van der Waals surface area contributed by atoms with E-state index in [0.717, 1.165) is 0 Å². The van der Waals surface area contributed by atoms with Crippen LogP contribution >= 0.6 is 0 Å². The van der Waals surface area contributed by atoms with Gasteiger partial charge in [0.15, 0.2) is 0 Å². The Hall–Kier alpha value is 0.479. The molecule has 1 nitrogen and oxygen atoms in total. The molecule has 2 heteroatoms. The van der Waals surface area contributed by atoms with Crippen molar-refractivity contribution in [2.45, 2.75) is 82.0 Å². The fraction of sp³-hybridized carbons (Fsp3) is 1.00. The van der Waals surface area contributed by atoms with Gasteiger partial charge in [-0.2, -0.15) is 0 Å². The Bertz CT molecular complexity index is 144. The van der Waals surface area contributed by atoms with E-state index in [9.17, 15) is 0 Å². The van der Waals surface area contributed by atoms with Crippen LogP contribution in [0, 0.1) is 0 Å². The molecule has 0 radical (unpaired) electrons. The van der Waals surface area contributed by atoms with Crippen LogP contribution in [0.25, 0.3) is 0 Å². The van der Waals surface area contributed by atoms with Gasteiger partial charge in [-0.25, -0.2) is 0 Å². The quantitative estimate of drug-likeness (QED) is 0.398. The van der Waals surface area contributed by atoms with Gasteiger partial charge in [-0.05, 0) is 0 Å². The van der Waals surface area contributed by atoms with E-state index in [1.165, 1.54) is 57.8 Å². The van der Waals surface area contributed by atoms with E-state index in [0.29, 0.717) is 15.0 Å². The number of ether oxygens (including phenoxy) is 1. The Kier molecular flexibility index (Phi) is 10.9. The number of hydrogen-bond donors (Lipinski definition) is 0. The molecule has 0 fully saturated rings. The van der Waals surface area contributed by atoms with Crippen LogP contribution in [0.5, 0.6) is 0 Å². The third kappa shape index (κ3) is 8.61. The van der Waals surface area contributed by atoms with Crippen LogP contribution in [-0.4, -0.2) is 26.6 Å². The summed E-state index contributed by atoms with van der Waals surface area (Å²) in [5, 5.41) is 0. The number of unbranched alkanes of at least 4 members (excludes halogenated alkanes) is 7. The molecular formula is C14H30OSe. The first-order valence-electron chi connectivity index (χ1n) is 6.79. The van der Waals surface area contributed by atoms with E-state index >= 15 is 0 Å². The molecule has 1 unspecified atom stereocenters. The monoisotopic (exact) mass is 294 g/mol. The first-order chi connectivity index (χ1) is 7.68. The molecule has 0 rings (SSSR count). The second-order valence-corrected chi connectivity index (χ2v) is 7.44. The fourth-order valence-corrected chi connectivity index (χ4v) is 2.95. The van der Waals surface area contributed by atoms with E-state index in [2.05, 4.69) is 19.7 Å². The molecule has 0 saturated heterocycles. The normalized spacial score (nSPS) is 15.0. The average molecular weight is 293 g/mol. The van der Waals surface area contributed by atoms with E-state index in [1.54, 1.807) is 0 Å². The molecule has 0 heterocycles. The van der Waals surface area contributed by atoms with Crippen molar-refractivity contribution >= 4 is 15.0 Å². The Labute approximate surface area is 109 Å². The van der Waals surface area contributed by atoms with Crippen molar-refractivity contribution in [3.05, 3.63) is 0 Å². The van der Waals surface area contributed by atoms with E-state index < -0.39 is 0 Å². The van der Waals surface area contributed by atoms with Gasteiger partial charge in [0.2, 0.25) is 0 Å². The molecule has 1 atom stereocenters. The molecule has 0 spiro atoms. The van der Waals surface area contributed by atoms with Crippen LogP contribution in [0.3, 0.4) is 0 Å². The number of hydrogen-bond acceptors (Lipinski definition) is 1. The molecule has 0 N–H and O–H groups in total. The van der Waals surface area contributed by atoms with Crippen LogP contribution in [0.2, 0.25) is 5.82 Å². The fourth-order valence-electron chi connectivity index (χ4n) is 1.87. The van der Waals surface area contributed by atoms with Crippen LogP contribution in [-0.2, 0) is 4.74 Å². The molecular weight excluding hydrogens is 263 g/mol. The number of rotatable bonds is 11. The summed E-state index contributed by atoms with van der Waals surface area (Å²) in [7, 11) is 1.86. The average Bonchev–Trinajstić information content (AvgIpc) is 2.32. The third-order valence-electron chi connectivity index (χ3n) is 3.35. The van der Waals surface area contributed by atoms with Crippen molar-refractivity contribution in [3.8, 4) is 0 Å². The van der Waals surface area contributed by atoms with Gasteiger partial charge in [0.1, 0.15) is 0 Å². The van der Waals surface area contributed by atoms with E-state index in [4.69, 9.17) is 4.74 Å². The maximum absolute atomic E-state index is 5.57. The Morgan fingerprint density at radius 1 is 0.938 bits per heavy atom. The van der Waals surface area contributed by atoms with Gasteiger partial charge < -0.3 is 0 Å². The van der Waals surface area contributed by atoms with Crippen LogP contribution < -0.4 is 0 Å². The third-order valence-corrected chi connectivity index (χ3v) is 5.94. The first-order valence-corrected chi connectivity index (χ1v) is 9.36. The Balaban J connectivity index is 3.26. The zero-order chi connectivity index (χ0) is 12.3. The standard InChI is InChI=1S/C14H30OSe/c1-5-6-7-8-9-10-11-12-13-14(2,15-3)16-4/h5-13H2,1-4H3. The maximum atomic E-state index is 5.57. The predicted octanol–water partition coefficient (Wildman–Crippen LogP) is 4.63. The molecule has 0 saturated carbocycles. The summed E-state index contributed by atoms with van der Waals surface area (Å²) >= 11 is 0.600. The summed E-state index contributed by atoms with van der Waals surface area (Å²) in [6.07, 6.45) is 12.5. The minimum absolute atomic E-state index is 0.190. The van der Waals surface area contributed by atoms with Crippen molar-refractivity contribution in [2.24, 2.45) is 0 Å². The van der Waals surface area contributed by atoms with Gasteiger partial charge in [-0.3, -0.25) is 0 Å². The topological polar surface area (TPSA) is 9.23 Å². The van der Waals surface area contributed by atoms with Crippen molar-refractivity contribution < 1.29 is 4.74 Å². The molecule has 0 aliphatic heterocycles. The van der Waals surface area contributed by atoms with Crippen molar-refractivity contribution in [1.82, 2.24) is 0 Å². The van der Waals surface area contributed by atoms with E-state index in [1.807, 2.05) is 7.11 Å². The van der Waals surface area contributed by atoms with E-state index in [-0.39, 0.29) is 4.50 Å². The minimum atomic E-state index is 0.190. The summed E-state index contributed by atoms with van der Waals surface area (Å²) in [5.74, 6) is 2.28. The summed E-state index contributed by atoms with van der Waals surface area (Å²) in [6, 6.07) is 0. The zero-order valence-corrected chi connectivity index (χ0v) is 13.4. The SMILES string of the molecule is CCCCCCCCCCC(C)(OC)[Se]C. The van der Waals surface area contributed by atoms with Crippen LogP contribution in [0.1, 0.15) is 71.6 Å².